The molecule has 2 aromatic rings. The predicted octanol–water partition coefficient (Wildman–Crippen LogP) is 2.60. The summed E-state index contributed by atoms with van der Waals surface area (Å²) in [5, 5.41) is 5.39. The molecule has 0 fully saturated rings. The number of anilines is 1. The number of methoxy groups -OCH3 is 1. The third-order valence-electron chi connectivity index (χ3n) is 3.15. The summed E-state index contributed by atoms with van der Waals surface area (Å²) in [6, 6.07) is 15.8. The van der Waals surface area contributed by atoms with Gasteiger partial charge in [0.05, 0.1) is 13.0 Å². The first-order valence-corrected chi connectivity index (χ1v) is 7.56. The van der Waals surface area contributed by atoms with Gasteiger partial charge in [0, 0.05) is 19.3 Å². The summed E-state index contributed by atoms with van der Waals surface area (Å²) < 4.78 is 10.0. The molecule has 2 amide bonds. The quantitative estimate of drug-likeness (QED) is 0.766. The van der Waals surface area contributed by atoms with Gasteiger partial charge in [0.1, 0.15) is 5.75 Å². The Morgan fingerprint density at radius 3 is 2.38 bits per heavy atom. The van der Waals surface area contributed by atoms with Gasteiger partial charge in [-0.3, -0.25) is 10.1 Å². The Hall–Kier alpha value is -2.86. The number of carbonyl (C=O) groups excluding carboxylic acids is 2. The molecule has 0 heterocycles. The Bertz CT molecular complexity index is 656. The molecule has 6 heteroatoms. The average molecular weight is 328 g/mol. The van der Waals surface area contributed by atoms with Gasteiger partial charge in [-0.1, -0.05) is 30.3 Å². The zero-order chi connectivity index (χ0) is 17.2. The minimum Gasteiger partial charge on any atom is -0.410 e. The first-order chi connectivity index (χ1) is 11.7. The van der Waals surface area contributed by atoms with Gasteiger partial charge in [-0.25, -0.2) is 4.79 Å². The maximum absolute atomic E-state index is 11.8. The lowest BCUT2D eigenvalue weighted by Crippen LogP contribution is -2.28. The van der Waals surface area contributed by atoms with Crippen molar-refractivity contribution in [2.45, 2.75) is 6.42 Å². The highest BCUT2D eigenvalue weighted by Gasteiger charge is 2.06. The van der Waals surface area contributed by atoms with E-state index < -0.39 is 6.09 Å². The monoisotopic (exact) mass is 328 g/mol. The van der Waals surface area contributed by atoms with E-state index in [1.165, 1.54) is 0 Å². The second kappa shape index (κ2) is 9.32. The predicted molar refractivity (Wildman–Crippen MR) is 91.1 cm³/mol. The Morgan fingerprint density at radius 2 is 1.71 bits per heavy atom. The molecule has 0 aliphatic carbocycles. The molecule has 0 atom stereocenters. The Balaban J connectivity index is 1.81. The highest BCUT2D eigenvalue weighted by Crippen LogP contribution is 2.13. The summed E-state index contributed by atoms with van der Waals surface area (Å²) in [7, 11) is 1.58. The van der Waals surface area contributed by atoms with Crippen LogP contribution in [0.15, 0.2) is 54.6 Å². The smallest absolute Gasteiger partial charge is 0.410 e. The summed E-state index contributed by atoms with van der Waals surface area (Å²) >= 11 is 0. The molecule has 126 valence electrons. The maximum Gasteiger partial charge on any atom is 0.417 e. The van der Waals surface area contributed by atoms with Gasteiger partial charge in [-0.05, 0) is 29.8 Å². The molecule has 2 aromatic carbocycles. The molecule has 6 nitrogen and oxygen atoms in total. The maximum atomic E-state index is 11.8. The molecule has 2 N–H and O–H groups in total. The van der Waals surface area contributed by atoms with E-state index >= 15 is 0 Å². The van der Waals surface area contributed by atoms with E-state index in [0.29, 0.717) is 24.6 Å². The van der Waals surface area contributed by atoms with Crippen LogP contribution in [0.1, 0.15) is 5.56 Å². The van der Waals surface area contributed by atoms with Crippen LogP contribution in [0.4, 0.5) is 10.5 Å². The van der Waals surface area contributed by atoms with Crippen molar-refractivity contribution in [2.24, 2.45) is 0 Å². The second-order valence-corrected chi connectivity index (χ2v) is 5.04. The highest BCUT2D eigenvalue weighted by atomic mass is 16.6. The number of hydrogen-bond acceptors (Lipinski definition) is 4. The van der Waals surface area contributed by atoms with Crippen molar-refractivity contribution in [3.05, 3.63) is 60.2 Å². The minimum absolute atomic E-state index is 0.0729. The topological polar surface area (TPSA) is 76.7 Å². The molecule has 0 aliphatic heterocycles. The van der Waals surface area contributed by atoms with Crippen molar-refractivity contribution in [3.8, 4) is 5.75 Å². The van der Waals surface area contributed by atoms with Crippen LogP contribution in [0.25, 0.3) is 0 Å². The van der Waals surface area contributed by atoms with E-state index in [-0.39, 0.29) is 12.3 Å². The van der Waals surface area contributed by atoms with E-state index in [2.05, 4.69) is 10.6 Å². The fraction of sp³-hybridized carbons (Fsp3) is 0.222. The molecule has 0 saturated carbocycles. The first kappa shape index (κ1) is 17.5. The van der Waals surface area contributed by atoms with Crippen molar-refractivity contribution < 1.29 is 19.1 Å². The summed E-state index contributed by atoms with van der Waals surface area (Å²) in [5.41, 5.74) is 1.45. The van der Waals surface area contributed by atoms with Crippen LogP contribution in [0.3, 0.4) is 0 Å². The summed E-state index contributed by atoms with van der Waals surface area (Å²) in [4.78, 5) is 23.5. The molecule has 0 radical (unpaired) electrons. The lowest BCUT2D eigenvalue weighted by Gasteiger charge is -2.08. The Labute approximate surface area is 140 Å². The first-order valence-electron chi connectivity index (χ1n) is 7.56. The minimum atomic E-state index is -0.564. The van der Waals surface area contributed by atoms with Gasteiger partial charge in [0.15, 0.2) is 0 Å². The number of para-hydroxylation sites is 1. The SMILES string of the molecule is COCCNC(=O)Cc1ccc(NC(=O)Oc2ccccc2)cc1. The van der Waals surface area contributed by atoms with Crippen molar-refractivity contribution in [1.29, 1.82) is 0 Å². The second-order valence-electron chi connectivity index (χ2n) is 5.04. The van der Waals surface area contributed by atoms with Crippen LogP contribution in [0, 0.1) is 0 Å². The van der Waals surface area contributed by atoms with Gasteiger partial charge in [-0.15, -0.1) is 0 Å². The standard InChI is InChI=1S/C18H20N2O4/c1-23-12-11-19-17(21)13-14-7-9-15(10-8-14)20-18(22)24-16-5-3-2-4-6-16/h2-10H,11-13H2,1H3,(H,19,21)(H,20,22). The van der Waals surface area contributed by atoms with Crippen molar-refractivity contribution in [2.75, 3.05) is 25.6 Å². The lowest BCUT2D eigenvalue weighted by molar-refractivity contribution is -0.120. The van der Waals surface area contributed by atoms with Crippen molar-refractivity contribution in [1.82, 2.24) is 5.32 Å². The van der Waals surface area contributed by atoms with Crippen LogP contribution in [0.5, 0.6) is 5.75 Å². The zero-order valence-electron chi connectivity index (χ0n) is 13.5. The summed E-state index contributed by atoms with van der Waals surface area (Å²) in [6.45, 7) is 0.971. The van der Waals surface area contributed by atoms with E-state index in [4.69, 9.17) is 9.47 Å². The van der Waals surface area contributed by atoms with Crippen LogP contribution in [-0.4, -0.2) is 32.3 Å². The highest BCUT2D eigenvalue weighted by molar-refractivity contribution is 5.86. The molecule has 0 saturated heterocycles. The molecule has 0 bridgehead atoms. The summed E-state index contributed by atoms with van der Waals surface area (Å²) in [5.74, 6) is 0.399. The number of carbonyl (C=O) groups is 2. The largest absolute Gasteiger partial charge is 0.417 e. The normalized spacial score (nSPS) is 10.0. The number of nitrogens with one attached hydrogen (secondary N) is 2. The molecule has 0 spiro atoms. The molecular weight excluding hydrogens is 308 g/mol. The third kappa shape index (κ3) is 6.10. The number of ether oxygens (including phenoxy) is 2. The molecule has 2 rings (SSSR count). The molecule has 0 aliphatic rings. The number of amides is 2. The Kier molecular flexibility index (Phi) is 6.79. The molecule has 24 heavy (non-hydrogen) atoms. The van der Waals surface area contributed by atoms with E-state index in [1.54, 1.807) is 55.6 Å². The third-order valence-corrected chi connectivity index (χ3v) is 3.15. The van der Waals surface area contributed by atoms with Crippen molar-refractivity contribution in [3.63, 3.8) is 0 Å². The Morgan fingerprint density at radius 1 is 1.00 bits per heavy atom. The summed E-state index contributed by atoms with van der Waals surface area (Å²) in [6.07, 6.45) is -0.287. The fourth-order valence-corrected chi connectivity index (χ4v) is 1.99. The van der Waals surface area contributed by atoms with Crippen LogP contribution in [-0.2, 0) is 16.0 Å². The van der Waals surface area contributed by atoms with Gasteiger partial charge in [0.2, 0.25) is 5.91 Å². The number of benzene rings is 2. The van der Waals surface area contributed by atoms with Crippen LogP contribution < -0.4 is 15.4 Å². The fourth-order valence-electron chi connectivity index (χ4n) is 1.99. The van der Waals surface area contributed by atoms with Crippen LogP contribution >= 0.6 is 0 Å². The zero-order valence-corrected chi connectivity index (χ0v) is 13.5. The van der Waals surface area contributed by atoms with Gasteiger partial charge in [-0.2, -0.15) is 0 Å². The number of rotatable bonds is 7. The van der Waals surface area contributed by atoms with Gasteiger partial charge < -0.3 is 14.8 Å². The molecular formula is C18H20N2O4. The molecule has 0 aromatic heterocycles. The average Bonchev–Trinajstić information content (AvgIpc) is 2.58. The number of hydrogen-bond donors (Lipinski definition) is 2. The van der Waals surface area contributed by atoms with E-state index in [1.807, 2.05) is 6.07 Å². The van der Waals surface area contributed by atoms with E-state index in [0.717, 1.165) is 5.56 Å². The van der Waals surface area contributed by atoms with Gasteiger partial charge in [0.25, 0.3) is 0 Å². The van der Waals surface area contributed by atoms with Gasteiger partial charge >= 0.3 is 6.09 Å². The van der Waals surface area contributed by atoms with Crippen LogP contribution in [0.2, 0.25) is 0 Å². The lowest BCUT2D eigenvalue weighted by atomic mass is 10.1. The van der Waals surface area contributed by atoms with Crippen molar-refractivity contribution >= 4 is 17.7 Å². The van der Waals surface area contributed by atoms with E-state index in [9.17, 15) is 9.59 Å². The molecule has 0 unspecified atom stereocenters.